The number of hydrogen-bond donors (Lipinski definition) is 1. The molecule has 0 fully saturated rings. The van der Waals surface area contributed by atoms with Crippen LogP contribution in [0.3, 0.4) is 0 Å². The first-order valence-electron chi connectivity index (χ1n) is 7.85. The standard InChI is InChI=1S/C17H30N2/c1-4-7-8-9-13-18-17-12-10-11-16(14-17)15-19(5-2)6-3/h10-12,14,18H,4-9,13,15H2,1-3H3. The smallest absolute Gasteiger partial charge is 0.0343 e. The maximum absolute atomic E-state index is 3.53. The second kappa shape index (κ2) is 9.85. The summed E-state index contributed by atoms with van der Waals surface area (Å²) in [4.78, 5) is 2.44. The fourth-order valence-electron chi connectivity index (χ4n) is 2.27. The van der Waals surface area contributed by atoms with Gasteiger partial charge in [0.05, 0.1) is 0 Å². The average molecular weight is 262 g/mol. The van der Waals surface area contributed by atoms with E-state index < -0.39 is 0 Å². The summed E-state index contributed by atoms with van der Waals surface area (Å²) in [5, 5.41) is 3.53. The predicted molar refractivity (Wildman–Crippen MR) is 85.7 cm³/mol. The highest BCUT2D eigenvalue weighted by atomic mass is 15.1. The predicted octanol–water partition coefficient (Wildman–Crippen LogP) is 4.52. The molecule has 19 heavy (non-hydrogen) atoms. The van der Waals surface area contributed by atoms with Crippen LogP contribution in [0.1, 0.15) is 52.0 Å². The fourth-order valence-corrected chi connectivity index (χ4v) is 2.27. The number of hydrogen-bond acceptors (Lipinski definition) is 2. The van der Waals surface area contributed by atoms with Crippen molar-refractivity contribution in [2.24, 2.45) is 0 Å². The minimum Gasteiger partial charge on any atom is -0.385 e. The molecule has 0 unspecified atom stereocenters. The van der Waals surface area contributed by atoms with Gasteiger partial charge in [-0.2, -0.15) is 0 Å². The Balaban J connectivity index is 2.38. The van der Waals surface area contributed by atoms with E-state index in [9.17, 15) is 0 Å². The molecule has 0 aromatic heterocycles. The van der Waals surface area contributed by atoms with Crippen molar-refractivity contribution in [1.82, 2.24) is 4.90 Å². The maximum atomic E-state index is 3.53. The summed E-state index contributed by atoms with van der Waals surface area (Å²) in [5.41, 5.74) is 2.67. The first kappa shape index (κ1) is 16.0. The van der Waals surface area contributed by atoms with Crippen LogP contribution < -0.4 is 5.32 Å². The van der Waals surface area contributed by atoms with Crippen molar-refractivity contribution in [3.63, 3.8) is 0 Å². The molecule has 0 spiro atoms. The lowest BCUT2D eigenvalue weighted by Gasteiger charge is -2.18. The van der Waals surface area contributed by atoms with Crippen LogP contribution in [0.2, 0.25) is 0 Å². The molecular weight excluding hydrogens is 232 g/mol. The lowest BCUT2D eigenvalue weighted by atomic mass is 10.1. The normalized spacial score (nSPS) is 10.9. The van der Waals surface area contributed by atoms with Crippen molar-refractivity contribution in [2.75, 3.05) is 25.0 Å². The average Bonchev–Trinajstić information content (AvgIpc) is 2.45. The molecule has 0 aliphatic heterocycles. The SMILES string of the molecule is CCCCCCNc1cccc(CN(CC)CC)c1. The molecule has 1 aromatic rings. The molecule has 0 bridgehead atoms. The number of nitrogens with one attached hydrogen (secondary N) is 1. The molecule has 1 rings (SSSR count). The Bertz CT molecular complexity index is 332. The third-order valence-corrected chi connectivity index (χ3v) is 3.59. The molecule has 2 nitrogen and oxygen atoms in total. The van der Waals surface area contributed by atoms with E-state index in [-0.39, 0.29) is 0 Å². The molecule has 1 N–H and O–H groups in total. The molecule has 0 amide bonds. The molecule has 0 radical (unpaired) electrons. The van der Waals surface area contributed by atoms with Crippen molar-refractivity contribution >= 4 is 5.69 Å². The quantitative estimate of drug-likeness (QED) is 0.624. The molecule has 0 saturated heterocycles. The summed E-state index contributed by atoms with van der Waals surface area (Å²) in [6, 6.07) is 8.84. The molecule has 0 atom stereocenters. The summed E-state index contributed by atoms with van der Waals surface area (Å²) in [5.74, 6) is 0. The van der Waals surface area contributed by atoms with Gasteiger partial charge in [0.2, 0.25) is 0 Å². The van der Waals surface area contributed by atoms with Crippen LogP contribution in [0.5, 0.6) is 0 Å². The van der Waals surface area contributed by atoms with Crippen LogP contribution in [-0.2, 0) is 6.54 Å². The second-order valence-corrected chi connectivity index (χ2v) is 5.15. The molecular formula is C17H30N2. The monoisotopic (exact) mass is 262 g/mol. The Hall–Kier alpha value is -1.02. The molecule has 0 saturated carbocycles. The van der Waals surface area contributed by atoms with Gasteiger partial charge < -0.3 is 5.32 Å². The summed E-state index contributed by atoms with van der Waals surface area (Å²) >= 11 is 0. The topological polar surface area (TPSA) is 15.3 Å². The van der Waals surface area contributed by atoms with Gasteiger partial charge in [0.1, 0.15) is 0 Å². The number of nitrogens with zero attached hydrogens (tertiary/aromatic N) is 1. The van der Waals surface area contributed by atoms with Gasteiger partial charge in [0, 0.05) is 18.8 Å². The van der Waals surface area contributed by atoms with E-state index in [2.05, 4.69) is 55.3 Å². The fraction of sp³-hybridized carbons (Fsp3) is 0.647. The number of rotatable bonds is 10. The third kappa shape index (κ3) is 6.63. The van der Waals surface area contributed by atoms with Crippen molar-refractivity contribution in [3.05, 3.63) is 29.8 Å². The van der Waals surface area contributed by atoms with Gasteiger partial charge in [-0.05, 0) is 37.2 Å². The first-order valence-corrected chi connectivity index (χ1v) is 7.85. The minimum atomic E-state index is 1.05. The van der Waals surface area contributed by atoms with Crippen LogP contribution >= 0.6 is 0 Å². The van der Waals surface area contributed by atoms with E-state index in [1.807, 2.05) is 0 Å². The van der Waals surface area contributed by atoms with Gasteiger partial charge in [-0.15, -0.1) is 0 Å². The number of unbranched alkanes of at least 4 members (excludes halogenated alkanes) is 3. The van der Waals surface area contributed by atoms with Crippen molar-refractivity contribution < 1.29 is 0 Å². The van der Waals surface area contributed by atoms with Crippen LogP contribution in [0.25, 0.3) is 0 Å². The van der Waals surface area contributed by atoms with Crippen LogP contribution in [0.15, 0.2) is 24.3 Å². The highest BCUT2D eigenvalue weighted by Gasteiger charge is 2.01. The van der Waals surface area contributed by atoms with E-state index in [1.54, 1.807) is 0 Å². The summed E-state index contributed by atoms with van der Waals surface area (Å²) < 4.78 is 0. The Morgan fingerprint density at radius 1 is 1.00 bits per heavy atom. The van der Waals surface area contributed by atoms with Gasteiger partial charge >= 0.3 is 0 Å². The van der Waals surface area contributed by atoms with Gasteiger partial charge in [-0.25, -0.2) is 0 Å². The zero-order valence-corrected chi connectivity index (χ0v) is 12.9. The summed E-state index contributed by atoms with van der Waals surface area (Å²) in [6.45, 7) is 11.1. The number of anilines is 1. The van der Waals surface area contributed by atoms with E-state index in [0.29, 0.717) is 0 Å². The molecule has 0 aliphatic rings. The van der Waals surface area contributed by atoms with Crippen LogP contribution in [0.4, 0.5) is 5.69 Å². The van der Waals surface area contributed by atoms with Crippen LogP contribution in [0, 0.1) is 0 Å². The Morgan fingerprint density at radius 2 is 1.79 bits per heavy atom. The zero-order chi connectivity index (χ0) is 13.9. The first-order chi connectivity index (χ1) is 9.30. The highest BCUT2D eigenvalue weighted by molar-refractivity contribution is 5.45. The molecule has 0 heterocycles. The van der Waals surface area contributed by atoms with Gasteiger partial charge in [-0.3, -0.25) is 4.90 Å². The van der Waals surface area contributed by atoms with Crippen molar-refractivity contribution in [3.8, 4) is 0 Å². The van der Waals surface area contributed by atoms with Gasteiger partial charge in [-0.1, -0.05) is 52.2 Å². The lowest BCUT2D eigenvalue weighted by molar-refractivity contribution is 0.296. The molecule has 108 valence electrons. The molecule has 1 aromatic carbocycles. The van der Waals surface area contributed by atoms with E-state index in [1.165, 1.54) is 36.9 Å². The minimum absolute atomic E-state index is 1.05. The lowest BCUT2D eigenvalue weighted by Crippen LogP contribution is -2.22. The van der Waals surface area contributed by atoms with Gasteiger partial charge in [0.25, 0.3) is 0 Å². The van der Waals surface area contributed by atoms with E-state index >= 15 is 0 Å². The van der Waals surface area contributed by atoms with Crippen molar-refractivity contribution in [1.29, 1.82) is 0 Å². The summed E-state index contributed by atoms with van der Waals surface area (Å²) in [6.07, 6.45) is 5.26. The third-order valence-electron chi connectivity index (χ3n) is 3.59. The second-order valence-electron chi connectivity index (χ2n) is 5.15. The van der Waals surface area contributed by atoms with Crippen LogP contribution in [-0.4, -0.2) is 24.5 Å². The largest absolute Gasteiger partial charge is 0.385 e. The highest BCUT2D eigenvalue weighted by Crippen LogP contribution is 2.13. The Kier molecular flexibility index (Phi) is 8.31. The van der Waals surface area contributed by atoms with Gasteiger partial charge in [0.15, 0.2) is 0 Å². The summed E-state index contributed by atoms with van der Waals surface area (Å²) in [7, 11) is 0. The van der Waals surface area contributed by atoms with Crippen molar-refractivity contribution in [2.45, 2.75) is 53.0 Å². The van der Waals surface area contributed by atoms with E-state index in [0.717, 1.165) is 26.2 Å². The number of benzene rings is 1. The molecule has 2 heteroatoms. The Morgan fingerprint density at radius 3 is 2.47 bits per heavy atom. The van der Waals surface area contributed by atoms with E-state index in [4.69, 9.17) is 0 Å². The Labute approximate surface area is 119 Å². The zero-order valence-electron chi connectivity index (χ0n) is 12.9. The molecule has 0 aliphatic carbocycles. The maximum Gasteiger partial charge on any atom is 0.0343 e.